The monoisotopic (exact) mass is 320 g/mol. The van der Waals surface area contributed by atoms with Crippen molar-refractivity contribution in [2.75, 3.05) is 0 Å². The van der Waals surface area contributed by atoms with Crippen LogP contribution in [-0.2, 0) is 0 Å². The van der Waals surface area contributed by atoms with Gasteiger partial charge in [0.15, 0.2) is 0 Å². The zero-order valence-electron chi connectivity index (χ0n) is 11.9. The van der Waals surface area contributed by atoms with E-state index in [0.29, 0.717) is 5.41 Å². The van der Waals surface area contributed by atoms with E-state index in [9.17, 15) is 0 Å². The van der Waals surface area contributed by atoms with Crippen molar-refractivity contribution >= 4 is 18.4 Å². The molecule has 0 aromatic heterocycles. The number of rotatable bonds is 8. The second-order valence-electron chi connectivity index (χ2n) is 5.30. The molecule has 1 heteroatoms. The predicted octanol–water partition coefficient (Wildman–Crippen LogP) is 5.71. The fraction of sp³-hybridized carbons (Fsp3) is 1.00. The first-order valence-corrected chi connectivity index (χ1v) is 15.1. The Morgan fingerprint density at radius 1 is 0.667 bits per heavy atom. The predicted molar refractivity (Wildman–Crippen MR) is 75.3 cm³/mol. The minimum absolute atomic E-state index is 0.706. The molecule has 0 aliphatic heterocycles. The van der Waals surface area contributed by atoms with Crippen LogP contribution in [0.5, 0.6) is 0 Å². The van der Waals surface area contributed by atoms with Crippen molar-refractivity contribution in [2.45, 2.75) is 78.6 Å². The van der Waals surface area contributed by atoms with Crippen molar-refractivity contribution in [3.63, 3.8) is 0 Å². The summed E-state index contributed by atoms with van der Waals surface area (Å²) in [6, 6.07) is 0. The van der Waals surface area contributed by atoms with Gasteiger partial charge in [-0.1, -0.05) is 0 Å². The first kappa shape index (κ1) is 15.8. The van der Waals surface area contributed by atoms with Crippen LogP contribution in [0.4, 0.5) is 0 Å². The van der Waals surface area contributed by atoms with Gasteiger partial charge in [-0.2, -0.15) is 0 Å². The Kier molecular flexibility index (Phi) is 7.57. The summed E-state index contributed by atoms with van der Waals surface area (Å²) in [5.74, 6) is 0. The third-order valence-electron chi connectivity index (χ3n) is 5.25. The Hall–Kier alpha value is 0.799. The second kappa shape index (κ2) is 7.19. The molecule has 0 heterocycles. The van der Waals surface area contributed by atoms with E-state index in [-0.39, 0.29) is 0 Å². The summed E-state index contributed by atoms with van der Waals surface area (Å²) in [4.78, 5) is 0. The van der Waals surface area contributed by atoms with Gasteiger partial charge in [-0.05, 0) is 0 Å². The van der Waals surface area contributed by atoms with Crippen LogP contribution in [0.15, 0.2) is 0 Å². The summed E-state index contributed by atoms with van der Waals surface area (Å²) in [6.45, 7) is 14.6. The topological polar surface area (TPSA) is 0 Å². The van der Waals surface area contributed by atoms with E-state index < -0.39 is 18.4 Å². The van der Waals surface area contributed by atoms with Crippen LogP contribution in [0.3, 0.4) is 0 Å². The zero-order valence-corrected chi connectivity index (χ0v) is 14.8. The average molecular weight is 319 g/mol. The van der Waals surface area contributed by atoms with E-state index in [4.69, 9.17) is 0 Å². The summed E-state index contributed by atoms with van der Waals surface area (Å²) < 4.78 is 6.32. The molecule has 0 N–H and O–H groups in total. The van der Waals surface area contributed by atoms with Gasteiger partial charge in [0, 0.05) is 0 Å². The van der Waals surface area contributed by atoms with Crippen molar-refractivity contribution in [1.82, 2.24) is 0 Å². The summed E-state index contributed by atoms with van der Waals surface area (Å²) >= 11 is -1.70. The Bertz CT molecular complexity index is 120. The molecule has 0 unspecified atom stereocenters. The molecule has 0 saturated carbocycles. The van der Waals surface area contributed by atoms with Gasteiger partial charge in [0.25, 0.3) is 0 Å². The van der Waals surface area contributed by atoms with E-state index in [1.807, 2.05) is 0 Å². The molecule has 0 nitrogen and oxygen atoms in total. The molecular weight excluding hydrogens is 287 g/mol. The molecule has 0 aliphatic rings. The summed E-state index contributed by atoms with van der Waals surface area (Å²) in [6.07, 6.45) is 4.20. The Morgan fingerprint density at radius 2 is 1.00 bits per heavy atom. The van der Waals surface area contributed by atoms with Crippen molar-refractivity contribution in [2.24, 2.45) is 5.41 Å². The second-order valence-corrected chi connectivity index (χ2v) is 20.9. The standard InChI is InChI=1S/C8H17.3C2H5.Sn/c1-5-8(4,6-2)7-3;3*1-2;/h4-7H2,1-3H3;3*1H2,2H3;. The van der Waals surface area contributed by atoms with Crippen molar-refractivity contribution < 1.29 is 0 Å². The fourth-order valence-electron chi connectivity index (χ4n) is 3.05. The van der Waals surface area contributed by atoms with Crippen LogP contribution >= 0.6 is 0 Å². The molecule has 0 radical (unpaired) electrons. The van der Waals surface area contributed by atoms with Gasteiger partial charge in [-0.3, -0.25) is 0 Å². The van der Waals surface area contributed by atoms with Crippen LogP contribution in [0.25, 0.3) is 0 Å². The van der Waals surface area contributed by atoms with Crippen molar-refractivity contribution in [3.05, 3.63) is 0 Å². The first-order chi connectivity index (χ1) is 7.07. The minimum atomic E-state index is -1.70. The van der Waals surface area contributed by atoms with Gasteiger partial charge in [-0.15, -0.1) is 0 Å². The molecule has 0 aromatic rings. The van der Waals surface area contributed by atoms with E-state index in [1.165, 1.54) is 19.3 Å². The van der Waals surface area contributed by atoms with E-state index in [2.05, 4.69) is 41.5 Å². The van der Waals surface area contributed by atoms with E-state index in [1.54, 1.807) is 17.7 Å². The average Bonchev–Trinajstić information content (AvgIpc) is 2.33. The van der Waals surface area contributed by atoms with Gasteiger partial charge >= 0.3 is 102 Å². The molecular formula is C14H32Sn. The van der Waals surface area contributed by atoms with Crippen molar-refractivity contribution in [1.29, 1.82) is 0 Å². The molecule has 0 fully saturated rings. The van der Waals surface area contributed by atoms with Crippen LogP contribution in [0, 0.1) is 5.41 Å². The molecule has 0 amide bonds. The molecule has 0 aliphatic carbocycles. The Labute approximate surface area is 102 Å². The van der Waals surface area contributed by atoms with Gasteiger partial charge in [0.1, 0.15) is 0 Å². The van der Waals surface area contributed by atoms with Crippen LogP contribution < -0.4 is 0 Å². The zero-order chi connectivity index (χ0) is 11.9. The Balaban J connectivity index is 4.74. The number of hydrogen-bond donors (Lipinski definition) is 0. The van der Waals surface area contributed by atoms with Gasteiger partial charge in [0.05, 0.1) is 0 Å². The maximum absolute atomic E-state index is 2.47. The molecule has 92 valence electrons. The van der Waals surface area contributed by atoms with E-state index >= 15 is 0 Å². The SMILES string of the molecule is CCC(CC)(CC)[CH2][Sn]([CH2]C)([CH2]C)[CH2]C. The van der Waals surface area contributed by atoms with Crippen molar-refractivity contribution in [3.8, 4) is 0 Å². The van der Waals surface area contributed by atoms with E-state index in [0.717, 1.165) is 0 Å². The summed E-state index contributed by atoms with van der Waals surface area (Å²) in [5.41, 5.74) is 0.706. The third-order valence-corrected chi connectivity index (χ3v) is 22.4. The van der Waals surface area contributed by atoms with Crippen LogP contribution in [0.2, 0.25) is 17.7 Å². The Morgan fingerprint density at radius 3 is 1.20 bits per heavy atom. The summed E-state index contributed by atoms with van der Waals surface area (Å²) in [5, 5.41) is 0. The maximum atomic E-state index is 2.47. The third kappa shape index (κ3) is 3.94. The van der Waals surface area contributed by atoms with Gasteiger partial charge in [-0.25, -0.2) is 0 Å². The molecule has 0 saturated heterocycles. The first-order valence-electron chi connectivity index (χ1n) is 7.07. The van der Waals surface area contributed by atoms with Crippen LogP contribution in [0.1, 0.15) is 60.8 Å². The number of hydrogen-bond acceptors (Lipinski definition) is 0. The van der Waals surface area contributed by atoms with Gasteiger partial charge < -0.3 is 0 Å². The molecule has 15 heavy (non-hydrogen) atoms. The summed E-state index contributed by atoms with van der Waals surface area (Å²) in [7, 11) is 0. The van der Waals surface area contributed by atoms with Crippen LogP contribution in [-0.4, -0.2) is 18.4 Å². The van der Waals surface area contributed by atoms with Gasteiger partial charge in [0.2, 0.25) is 0 Å². The quantitative estimate of drug-likeness (QED) is 0.503. The molecule has 0 rings (SSSR count). The molecule has 0 spiro atoms. The molecule has 0 bridgehead atoms. The molecule has 0 atom stereocenters. The normalized spacial score (nSPS) is 13.2. The molecule has 0 aromatic carbocycles. The fourth-order valence-corrected chi connectivity index (χ4v) is 16.1.